The van der Waals surface area contributed by atoms with Gasteiger partial charge in [-0.25, -0.2) is 0 Å². The topological polar surface area (TPSA) is 29.5 Å². The molecular formula is C21H21NO2. The molecule has 1 aliphatic carbocycles. The van der Waals surface area contributed by atoms with Crippen molar-refractivity contribution in [2.24, 2.45) is 0 Å². The highest BCUT2D eigenvalue weighted by molar-refractivity contribution is 6.13. The molecule has 1 aliphatic heterocycles. The van der Waals surface area contributed by atoms with E-state index in [0.29, 0.717) is 0 Å². The Balaban J connectivity index is 1.54. The average molecular weight is 319 g/mol. The van der Waals surface area contributed by atoms with Gasteiger partial charge in [-0.3, -0.25) is 4.79 Å². The fraction of sp³-hybridized carbons (Fsp3) is 0.286. The summed E-state index contributed by atoms with van der Waals surface area (Å²) < 4.78 is 5.40. The van der Waals surface area contributed by atoms with Crippen LogP contribution in [0.4, 0.5) is 5.69 Å². The van der Waals surface area contributed by atoms with Crippen LogP contribution in [0.15, 0.2) is 54.1 Å². The van der Waals surface area contributed by atoms with E-state index in [9.17, 15) is 4.79 Å². The van der Waals surface area contributed by atoms with Crippen molar-refractivity contribution in [2.75, 3.05) is 31.2 Å². The number of benzene rings is 2. The van der Waals surface area contributed by atoms with Gasteiger partial charge in [0.05, 0.1) is 13.2 Å². The Bertz CT molecular complexity index is 771. The molecule has 0 unspecified atom stereocenters. The first-order valence-corrected chi connectivity index (χ1v) is 8.57. The molecule has 4 rings (SSSR count). The second-order valence-electron chi connectivity index (χ2n) is 6.35. The van der Waals surface area contributed by atoms with Crippen molar-refractivity contribution >= 4 is 17.5 Å². The molecule has 1 heterocycles. The third-order valence-electron chi connectivity index (χ3n) is 4.83. The first kappa shape index (κ1) is 15.2. The van der Waals surface area contributed by atoms with Crippen LogP contribution in [-0.2, 0) is 11.2 Å². The molecule has 24 heavy (non-hydrogen) atoms. The highest BCUT2D eigenvalue weighted by Gasteiger charge is 2.21. The molecule has 0 spiro atoms. The quantitative estimate of drug-likeness (QED) is 0.790. The molecule has 3 heteroatoms. The van der Waals surface area contributed by atoms with E-state index >= 15 is 0 Å². The zero-order chi connectivity index (χ0) is 16.4. The van der Waals surface area contributed by atoms with Gasteiger partial charge in [0.2, 0.25) is 0 Å². The number of anilines is 1. The SMILES string of the molecule is O=C1C(=Cc2ccc(N3CCOCC3)cc2)CCc2ccccc21. The number of carbonyl (C=O) groups excluding carboxylic acids is 1. The second kappa shape index (κ2) is 6.62. The number of aryl methyl sites for hydroxylation is 1. The summed E-state index contributed by atoms with van der Waals surface area (Å²) in [7, 11) is 0. The fourth-order valence-electron chi connectivity index (χ4n) is 3.46. The Morgan fingerprint density at radius 3 is 2.46 bits per heavy atom. The lowest BCUT2D eigenvalue weighted by atomic mass is 9.86. The number of hydrogen-bond donors (Lipinski definition) is 0. The highest BCUT2D eigenvalue weighted by Crippen LogP contribution is 2.27. The molecule has 0 saturated carbocycles. The highest BCUT2D eigenvalue weighted by atomic mass is 16.5. The lowest BCUT2D eigenvalue weighted by Gasteiger charge is -2.28. The summed E-state index contributed by atoms with van der Waals surface area (Å²) in [6, 6.07) is 16.4. The number of fused-ring (bicyclic) bond motifs is 1. The molecule has 0 radical (unpaired) electrons. The standard InChI is InChI=1S/C21H21NO2/c23-21-18(8-7-17-3-1-2-4-20(17)21)15-16-5-9-19(10-6-16)22-11-13-24-14-12-22/h1-6,9-10,15H,7-8,11-14H2. The van der Waals surface area contributed by atoms with Gasteiger partial charge in [-0.05, 0) is 42.2 Å². The summed E-state index contributed by atoms with van der Waals surface area (Å²) in [4.78, 5) is 15.0. The van der Waals surface area contributed by atoms with Crippen molar-refractivity contribution in [1.82, 2.24) is 0 Å². The van der Waals surface area contributed by atoms with Crippen LogP contribution >= 0.6 is 0 Å². The molecule has 0 amide bonds. The maximum Gasteiger partial charge on any atom is 0.189 e. The maximum absolute atomic E-state index is 12.6. The Morgan fingerprint density at radius 2 is 1.67 bits per heavy atom. The van der Waals surface area contributed by atoms with Gasteiger partial charge in [0.1, 0.15) is 0 Å². The lowest BCUT2D eigenvalue weighted by Crippen LogP contribution is -2.36. The fourth-order valence-corrected chi connectivity index (χ4v) is 3.46. The Morgan fingerprint density at radius 1 is 0.917 bits per heavy atom. The van der Waals surface area contributed by atoms with E-state index in [1.807, 2.05) is 24.3 Å². The van der Waals surface area contributed by atoms with Gasteiger partial charge in [0.15, 0.2) is 5.78 Å². The van der Waals surface area contributed by atoms with Crippen LogP contribution in [0.2, 0.25) is 0 Å². The maximum atomic E-state index is 12.6. The van der Waals surface area contributed by atoms with Gasteiger partial charge in [0.25, 0.3) is 0 Å². The van der Waals surface area contributed by atoms with Crippen LogP contribution in [0, 0.1) is 0 Å². The van der Waals surface area contributed by atoms with Crippen molar-refractivity contribution < 1.29 is 9.53 Å². The predicted octanol–water partition coefficient (Wildman–Crippen LogP) is 3.74. The number of hydrogen-bond acceptors (Lipinski definition) is 3. The smallest absolute Gasteiger partial charge is 0.189 e. The third-order valence-corrected chi connectivity index (χ3v) is 4.83. The summed E-state index contributed by atoms with van der Waals surface area (Å²) in [5.74, 6) is 0.175. The van der Waals surface area contributed by atoms with Crippen LogP contribution < -0.4 is 4.90 Å². The van der Waals surface area contributed by atoms with Gasteiger partial charge in [0, 0.05) is 29.9 Å². The van der Waals surface area contributed by atoms with Crippen LogP contribution in [0.1, 0.15) is 27.9 Å². The monoisotopic (exact) mass is 319 g/mol. The van der Waals surface area contributed by atoms with E-state index in [0.717, 1.165) is 55.8 Å². The molecule has 1 saturated heterocycles. The van der Waals surface area contributed by atoms with Crippen molar-refractivity contribution in [2.45, 2.75) is 12.8 Å². The number of ketones is 1. The average Bonchev–Trinajstić information content (AvgIpc) is 2.66. The Labute approximate surface area is 142 Å². The van der Waals surface area contributed by atoms with E-state index in [2.05, 4.69) is 35.2 Å². The minimum atomic E-state index is 0.175. The molecule has 2 aromatic carbocycles. The first-order valence-electron chi connectivity index (χ1n) is 8.57. The first-order chi connectivity index (χ1) is 11.8. The molecule has 1 fully saturated rings. The molecule has 0 bridgehead atoms. The largest absolute Gasteiger partial charge is 0.378 e. The molecule has 0 N–H and O–H groups in total. The summed E-state index contributed by atoms with van der Waals surface area (Å²) in [5, 5.41) is 0. The van der Waals surface area contributed by atoms with Crippen molar-refractivity contribution in [3.8, 4) is 0 Å². The van der Waals surface area contributed by atoms with Gasteiger partial charge in [-0.15, -0.1) is 0 Å². The number of ether oxygens (including phenoxy) is 1. The molecule has 3 nitrogen and oxygen atoms in total. The van der Waals surface area contributed by atoms with Gasteiger partial charge in [-0.1, -0.05) is 36.4 Å². The van der Waals surface area contributed by atoms with E-state index in [1.54, 1.807) is 0 Å². The van der Waals surface area contributed by atoms with E-state index in [-0.39, 0.29) is 5.78 Å². The number of Topliss-reactive ketones (excluding diaryl/α,β-unsaturated/α-hetero) is 1. The summed E-state index contributed by atoms with van der Waals surface area (Å²) in [5.41, 5.74) is 5.26. The number of carbonyl (C=O) groups is 1. The predicted molar refractivity (Wildman–Crippen MR) is 96.5 cm³/mol. The molecule has 0 atom stereocenters. The minimum Gasteiger partial charge on any atom is -0.378 e. The number of nitrogens with zero attached hydrogens (tertiary/aromatic N) is 1. The van der Waals surface area contributed by atoms with Crippen LogP contribution in [-0.4, -0.2) is 32.1 Å². The zero-order valence-electron chi connectivity index (χ0n) is 13.7. The lowest BCUT2D eigenvalue weighted by molar-refractivity contribution is 0.102. The van der Waals surface area contributed by atoms with E-state index in [1.165, 1.54) is 11.3 Å². The van der Waals surface area contributed by atoms with Crippen molar-refractivity contribution in [3.63, 3.8) is 0 Å². The van der Waals surface area contributed by atoms with Crippen LogP contribution in [0.5, 0.6) is 0 Å². The summed E-state index contributed by atoms with van der Waals surface area (Å²) >= 11 is 0. The molecule has 0 aromatic heterocycles. The number of rotatable bonds is 2. The van der Waals surface area contributed by atoms with Crippen LogP contribution in [0.25, 0.3) is 6.08 Å². The van der Waals surface area contributed by atoms with Gasteiger partial charge >= 0.3 is 0 Å². The molecule has 2 aliphatic rings. The summed E-state index contributed by atoms with van der Waals surface area (Å²) in [6.45, 7) is 3.46. The molecular weight excluding hydrogens is 298 g/mol. The Hall–Kier alpha value is -2.39. The van der Waals surface area contributed by atoms with E-state index < -0.39 is 0 Å². The zero-order valence-corrected chi connectivity index (χ0v) is 13.7. The molecule has 122 valence electrons. The second-order valence-corrected chi connectivity index (χ2v) is 6.35. The van der Waals surface area contributed by atoms with E-state index in [4.69, 9.17) is 4.74 Å². The third kappa shape index (κ3) is 3.00. The summed E-state index contributed by atoms with van der Waals surface area (Å²) in [6.07, 6.45) is 3.81. The minimum absolute atomic E-state index is 0.175. The normalized spacial score (nSPS) is 19.4. The van der Waals surface area contributed by atoms with Crippen molar-refractivity contribution in [3.05, 3.63) is 70.8 Å². The number of morpholine rings is 1. The van der Waals surface area contributed by atoms with Gasteiger partial charge < -0.3 is 9.64 Å². The van der Waals surface area contributed by atoms with Crippen molar-refractivity contribution in [1.29, 1.82) is 0 Å². The van der Waals surface area contributed by atoms with Crippen LogP contribution in [0.3, 0.4) is 0 Å². The van der Waals surface area contributed by atoms with Gasteiger partial charge in [-0.2, -0.15) is 0 Å². The number of allylic oxidation sites excluding steroid dienone is 1. The molecule has 2 aromatic rings. The Kier molecular flexibility index (Phi) is 4.18.